The van der Waals surface area contributed by atoms with E-state index in [1.165, 1.54) is 18.4 Å². The normalized spacial score (nSPS) is 18.9. The van der Waals surface area contributed by atoms with Crippen LogP contribution in [0.1, 0.15) is 42.6 Å². The second-order valence-electron chi connectivity index (χ2n) is 6.25. The molecule has 0 unspecified atom stereocenters. The largest absolute Gasteiger partial charge is 0.384 e. The Labute approximate surface area is 114 Å². The minimum atomic E-state index is 0.0587. The predicted molar refractivity (Wildman–Crippen MR) is 77.5 cm³/mol. The van der Waals surface area contributed by atoms with Crippen molar-refractivity contribution >= 4 is 11.6 Å². The first-order chi connectivity index (χ1) is 9.11. The molecule has 19 heavy (non-hydrogen) atoms. The van der Waals surface area contributed by atoms with Crippen LogP contribution < -0.4 is 10.6 Å². The first kappa shape index (κ1) is 12.5. The summed E-state index contributed by atoms with van der Waals surface area (Å²) in [5.41, 5.74) is 3.58. The zero-order chi connectivity index (χ0) is 13.5. The van der Waals surface area contributed by atoms with E-state index in [-0.39, 0.29) is 5.91 Å². The molecule has 1 aliphatic carbocycles. The van der Waals surface area contributed by atoms with E-state index in [1.807, 2.05) is 12.1 Å². The maximum Gasteiger partial charge on any atom is 0.251 e. The fourth-order valence-corrected chi connectivity index (χ4v) is 2.91. The van der Waals surface area contributed by atoms with E-state index in [2.05, 4.69) is 30.5 Å². The molecule has 3 heteroatoms. The molecule has 2 N–H and O–H groups in total. The van der Waals surface area contributed by atoms with Gasteiger partial charge in [0.05, 0.1) is 0 Å². The molecule has 102 valence electrons. The Hall–Kier alpha value is -1.51. The zero-order valence-electron chi connectivity index (χ0n) is 11.8. The molecule has 3 nitrogen and oxygen atoms in total. The van der Waals surface area contributed by atoms with Crippen LogP contribution in [0.3, 0.4) is 0 Å². The van der Waals surface area contributed by atoms with Crippen LogP contribution in [0, 0.1) is 11.3 Å². The van der Waals surface area contributed by atoms with Gasteiger partial charge < -0.3 is 10.6 Å². The number of nitrogens with one attached hydrogen (secondary N) is 2. The van der Waals surface area contributed by atoms with E-state index >= 15 is 0 Å². The van der Waals surface area contributed by atoms with Crippen LogP contribution in [0.15, 0.2) is 18.2 Å². The van der Waals surface area contributed by atoms with E-state index in [0.29, 0.717) is 11.3 Å². The molecular formula is C16H22N2O. The van der Waals surface area contributed by atoms with Gasteiger partial charge in [0.1, 0.15) is 0 Å². The lowest BCUT2D eigenvalue weighted by Gasteiger charge is -2.20. The topological polar surface area (TPSA) is 41.1 Å². The Bertz CT molecular complexity index is 503. The number of rotatable bonds is 4. The van der Waals surface area contributed by atoms with Gasteiger partial charge in [-0.05, 0) is 48.3 Å². The molecule has 0 spiro atoms. The summed E-state index contributed by atoms with van der Waals surface area (Å²) < 4.78 is 0. The van der Waals surface area contributed by atoms with Crippen molar-refractivity contribution in [2.75, 3.05) is 18.4 Å². The molecule has 0 saturated heterocycles. The van der Waals surface area contributed by atoms with Gasteiger partial charge in [0.15, 0.2) is 0 Å². The average Bonchev–Trinajstić information content (AvgIpc) is 3.06. The fourth-order valence-electron chi connectivity index (χ4n) is 2.91. The third kappa shape index (κ3) is 2.34. The highest BCUT2D eigenvalue weighted by Gasteiger charge is 2.45. The highest BCUT2D eigenvalue weighted by Crippen LogP contribution is 2.51. The smallest absolute Gasteiger partial charge is 0.251 e. The average molecular weight is 258 g/mol. The highest BCUT2D eigenvalue weighted by molar-refractivity contribution is 5.95. The standard InChI is InChI=1S/C16H22N2O/c1-11(2)16(6-7-16)10-18-15(19)13-4-3-12-5-8-17-14(12)9-13/h3-4,9,11,17H,5-8,10H2,1-2H3,(H,18,19). The van der Waals surface area contributed by atoms with Gasteiger partial charge in [-0.25, -0.2) is 0 Å². The maximum absolute atomic E-state index is 12.2. The van der Waals surface area contributed by atoms with Crippen LogP contribution in [0.4, 0.5) is 5.69 Å². The molecular weight excluding hydrogens is 236 g/mol. The Morgan fingerprint density at radius 2 is 2.21 bits per heavy atom. The lowest BCUT2D eigenvalue weighted by Crippen LogP contribution is -2.32. The number of carbonyl (C=O) groups excluding carboxylic acids is 1. The molecule has 0 radical (unpaired) electrons. The minimum Gasteiger partial charge on any atom is -0.384 e. The van der Waals surface area contributed by atoms with Crippen LogP contribution >= 0.6 is 0 Å². The monoisotopic (exact) mass is 258 g/mol. The van der Waals surface area contributed by atoms with Crippen molar-refractivity contribution in [3.63, 3.8) is 0 Å². The molecule has 1 aromatic rings. The lowest BCUT2D eigenvalue weighted by atomic mass is 9.92. The van der Waals surface area contributed by atoms with Crippen molar-refractivity contribution in [3.05, 3.63) is 29.3 Å². The number of benzene rings is 1. The molecule has 1 aromatic carbocycles. The summed E-state index contributed by atoms with van der Waals surface area (Å²) in [7, 11) is 0. The third-order valence-corrected chi connectivity index (χ3v) is 4.80. The number of hydrogen-bond acceptors (Lipinski definition) is 2. The summed E-state index contributed by atoms with van der Waals surface area (Å²) in [6, 6.07) is 5.99. The number of fused-ring (bicyclic) bond motifs is 1. The molecule has 2 aliphatic rings. The number of amides is 1. The van der Waals surface area contributed by atoms with Crippen molar-refractivity contribution < 1.29 is 4.79 Å². The second kappa shape index (κ2) is 4.55. The minimum absolute atomic E-state index is 0.0587. The lowest BCUT2D eigenvalue weighted by molar-refractivity contribution is 0.0940. The maximum atomic E-state index is 12.2. The first-order valence-corrected chi connectivity index (χ1v) is 7.26. The van der Waals surface area contributed by atoms with Crippen LogP contribution in [-0.4, -0.2) is 19.0 Å². The van der Waals surface area contributed by atoms with E-state index in [9.17, 15) is 4.79 Å². The molecule has 1 saturated carbocycles. The molecule has 1 aliphatic heterocycles. The van der Waals surface area contributed by atoms with Gasteiger partial charge in [0, 0.05) is 24.3 Å². The SMILES string of the molecule is CC(C)C1(CNC(=O)c2ccc3c(c2)NCC3)CC1. The second-order valence-corrected chi connectivity index (χ2v) is 6.25. The van der Waals surface area contributed by atoms with Gasteiger partial charge in [0.25, 0.3) is 5.91 Å². The molecule has 1 fully saturated rings. The van der Waals surface area contributed by atoms with Gasteiger partial charge in [-0.3, -0.25) is 4.79 Å². The third-order valence-electron chi connectivity index (χ3n) is 4.80. The van der Waals surface area contributed by atoms with Crippen molar-refractivity contribution in [1.82, 2.24) is 5.32 Å². The van der Waals surface area contributed by atoms with E-state index < -0.39 is 0 Å². The summed E-state index contributed by atoms with van der Waals surface area (Å²) in [5.74, 6) is 0.706. The molecule has 0 bridgehead atoms. The summed E-state index contributed by atoms with van der Waals surface area (Å²) in [6.07, 6.45) is 3.56. The Kier molecular flexibility index (Phi) is 3.00. The fraction of sp³-hybridized carbons (Fsp3) is 0.562. The Morgan fingerprint density at radius 3 is 2.89 bits per heavy atom. The number of carbonyl (C=O) groups is 1. The van der Waals surface area contributed by atoms with E-state index in [4.69, 9.17) is 0 Å². The van der Waals surface area contributed by atoms with Crippen LogP contribution in [-0.2, 0) is 6.42 Å². The van der Waals surface area contributed by atoms with Crippen LogP contribution in [0.2, 0.25) is 0 Å². The van der Waals surface area contributed by atoms with E-state index in [0.717, 1.165) is 30.8 Å². The van der Waals surface area contributed by atoms with Gasteiger partial charge in [0.2, 0.25) is 0 Å². The first-order valence-electron chi connectivity index (χ1n) is 7.26. The van der Waals surface area contributed by atoms with Crippen molar-refractivity contribution in [2.45, 2.75) is 33.1 Å². The molecule has 3 rings (SSSR count). The van der Waals surface area contributed by atoms with E-state index in [1.54, 1.807) is 0 Å². The van der Waals surface area contributed by atoms with Crippen molar-refractivity contribution in [3.8, 4) is 0 Å². The molecule has 1 heterocycles. The molecule has 0 aromatic heterocycles. The Balaban J connectivity index is 1.65. The zero-order valence-corrected chi connectivity index (χ0v) is 11.8. The van der Waals surface area contributed by atoms with Crippen LogP contribution in [0.5, 0.6) is 0 Å². The summed E-state index contributed by atoms with van der Waals surface area (Å²) >= 11 is 0. The Morgan fingerprint density at radius 1 is 1.42 bits per heavy atom. The predicted octanol–water partition coefficient (Wildman–Crippen LogP) is 2.82. The number of anilines is 1. The summed E-state index contributed by atoms with van der Waals surface area (Å²) in [4.78, 5) is 12.2. The van der Waals surface area contributed by atoms with Gasteiger partial charge in [-0.15, -0.1) is 0 Å². The highest BCUT2D eigenvalue weighted by atomic mass is 16.1. The van der Waals surface area contributed by atoms with Gasteiger partial charge in [-0.1, -0.05) is 19.9 Å². The molecule has 0 atom stereocenters. The van der Waals surface area contributed by atoms with Crippen molar-refractivity contribution in [1.29, 1.82) is 0 Å². The van der Waals surface area contributed by atoms with Gasteiger partial charge >= 0.3 is 0 Å². The summed E-state index contributed by atoms with van der Waals surface area (Å²) in [5, 5.41) is 6.43. The summed E-state index contributed by atoms with van der Waals surface area (Å²) in [6.45, 7) is 6.29. The van der Waals surface area contributed by atoms with Crippen LogP contribution in [0.25, 0.3) is 0 Å². The number of hydrogen-bond donors (Lipinski definition) is 2. The van der Waals surface area contributed by atoms with Crippen molar-refractivity contribution in [2.24, 2.45) is 11.3 Å². The molecule has 1 amide bonds. The van der Waals surface area contributed by atoms with Gasteiger partial charge in [-0.2, -0.15) is 0 Å². The quantitative estimate of drug-likeness (QED) is 0.872.